The maximum atomic E-state index is 5.98. The first kappa shape index (κ1) is 13.5. The van der Waals surface area contributed by atoms with Crippen LogP contribution in [0.2, 0.25) is 5.02 Å². The Morgan fingerprint density at radius 2 is 2.10 bits per heavy atom. The Labute approximate surface area is 122 Å². The molecule has 1 aromatic carbocycles. The van der Waals surface area contributed by atoms with Crippen LogP contribution in [0.1, 0.15) is 18.7 Å². The highest BCUT2D eigenvalue weighted by molar-refractivity contribution is 6.30. The molecule has 1 saturated heterocycles. The fourth-order valence-corrected chi connectivity index (χ4v) is 2.64. The molecule has 0 spiro atoms. The molecule has 2 N–H and O–H groups in total. The summed E-state index contributed by atoms with van der Waals surface area (Å²) in [6.45, 7) is 1.83. The van der Waals surface area contributed by atoms with Gasteiger partial charge in [0.15, 0.2) is 0 Å². The molecule has 0 unspecified atom stereocenters. The Morgan fingerprint density at radius 1 is 1.30 bits per heavy atom. The minimum atomic E-state index is -0.262. The van der Waals surface area contributed by atoms with Crippen LogP contribution in [0.3, 0.4) is 0 Å². The molecule has 0 bridgehead atoms. The first-order valence-corrected chi connectivity index (χ1v) is 6.99. The zero-order valence-electron chi connectivity index (χ0n) is 11.0. The molecule has 0 saturated carbocycles. The quantitative estimate of drug-likeness (QED) is 0.940. The first-order valence-electron chi connectivity index (χ1n) is 6.61. The van der Waals surface area contributed by atoms with E-state index in [1.165, 1.54) is 0 Å². The van der Waals surface area contributed by atoms with Gasteiger partial charge in [0, 0.05) is 30.3 Å². The monoisotopic (exact) mass is 293 g/mol. The Hall–Kier alpha value is -1.43. The highest BCUT2D eigenvalue weighted by Crippen LogP contribution is 2.33. The molecule has 1 aromatic heterocycles. The van der Waals surface area contributed by atoms with Gasteiger partial charge in [-0.3, -0.25) is 0 Å². The van der Waals surface area contributed by atoms with Gasteiger partial charge in [-0.05, 0) is 25.0 Å². The van der Waals surface area contributed by atoms with Gasteiger partial charge >= 0.3 is 0 Å². The average molecular weight is 294 g/mol. The largest absolute Gasteiger partial charge is 0.381 e. The van der Waals surface area contributed by atoms with Crippen molar-refractivity contribution in [3.8, 4) is 11.4 Å². The number of benzene rings is 1. The Kier molecular flexibility index (Phi) is 3.74. The Morgan fingerprint density at radius 3 is 2.80 bits per heavy atom. The number of halogens is 1. The van der Waals surface area contributed by atoms with Crippen molar-refractivity contribution in [1.29, 1.82) is 0 Å². The summed E-state index contributed by atoms with van der Waals surface area (Å²) in [6.07, 6.45) is 1.61. The summed E-state index contributed by atoms with van der Waals surface area (Å²) >= 11 is 5.98. The number of hydrogen-bond donors (Lipinski definition) is 1. The molecule has 106 valence electrons. The number of nitrogens with two attached hydrogens (primary N) is 1. The summed E-state index contributed by atoms with van der Waals surface area (Å²) in [7, 11) is 0. The van der Waals surface area contributed by atoms with Crippen molar-refractivity contribution in [2.45, 2.75) is 18.3 Å². The SMILES string of the molecule is NCC1(c2nc(-c3cccc(Cl)c3)no2)CCOCC1. The van der Waals surface area contributed by atoms with Crippen LogP contribution in [-0.2, 0) is 10.2 Å². The number of nitrogens with zero attached hydrogens (tertiary/aromatic N) is 2. The molecule has 6 heteroatoms. The van der Waals surface area contributed by atoms with Gasteiger partial charge in [-0.2, -0.15) is 4.98 Å². The molecular weight excluding hydrogens is 278 g/mol. The van der Waals surface area contributed by atoms with Gasteiger partial charge in [0.1, 0.15) is 0 Å². The lowest BCUT2D eigenvalue weighted by Crippen LogP contribution is -2.40. The molecule has 0 atom stereocenters. The van der Waals surface area contributed by atoms with Crippen LogP contribution < -0.4 is 5.73 Å². The molecule has 2 heterocycles. The average Bonchev–Trinajstić information content (AvgIpc) is 2.98. The first-order chi connectivity index (χ1) is 9.73. The van der Waals surface area contributed by atoms with E-state index in [9.17, 15) is 0 Å². The number of ether oxygens (including phenoxy) is 1. The van der Waals surface area contributed by atoms with Crippen LogP contribution in [-0.4, -0.2) is 29.9 Å². The van der Waals surface area contributed by atoms with Crippen LogP contribution in [0.4, 0.5) is 0 Å². The zero-order chi connectivity index (χ0) is 14.0. The van der Waals surface area contributed by atoms with Gasteiger partial charge in [0.05, 0.1) is 5.41 Å². The predicted molar refractivity (Wildman–Crippen MR) is 75.5 cm³/mol. The summed E-state index contributed by atoms with van der Waals surface area (Å²) in [5.41, 5.74) is 6.52. The van der Waals surface area contributed by atoms with Crippen molar-refractivity contribution in [2.75, 3.05) is 19.8 Å². The van der Waals surface area contributed by atoms with E-state index in [0.717, 1.165) is 18.4 Å². The molecule has 1 aliphatic rings. The lowest BCUT2D eigenvalue weighted by molar-refractivity contribution is 0.0409. The van der Waals surface area contributed by atoms with Gasteiger partial charge in [-0.15, -0.1) is 0 Å². The minimum absolute atomic E-state index is 0.262. The fourth-order valence-electron chi connectivity index (χ4n) is 2.45. The maximum Gasteiger partial charge on any atom is 0.234 e. The second-order valence-electron chi connectivity index (χ2n) is 5.03. The summed E-state index contributed by atoms with van der Waals surface area (Å²) in [4.78, 5) is 4.52. The van der Waals surface area contributed by atoms with Crippen LogP contribution in [0.15, 0.2) is 28.8 Å². The number of hydrogen-bond acceptors (Lipinski definition) is 5. The molecule has 0 amide bonds. The van der Waals surface area contributed by atoms with Crippen molar-refractivity contribution in [3.63, 3.8) is 0 Å². The van der Waals surface area contributed by atoms with Crippen molar-refractivity contribution in [3.05, 3.63) is 35.2 Å². The second kappa shape index (κ2) is 5.52. The normalized spacial score (nSPS) is 18.1. The van der Waals surface area contributed by atoms with Crippen LogP contribution in [0.5, 0.6) is 0 Å². The zero-order valence-corrected chi connectivity index (χ0v) is 11.8. The highest BCUT2D eigenvalue weighted by Gasteiger charge is 2.38. The van der Waals surface area contributed by atoms with Crippen molar-refractivity contribution >= 4 is 11.6 Å². The summed E-state index contributed by atoms with van der Waals surface area (Å²) in [6, 6.07) is 7.39. The van der Waals surface area contributed by atoms with E-state index < -0.39 is 0 Å². The van der Waals surface area contributed by atoms with E-state index in [1.54, 1.807) is 0 Å². The van der Waals surface area contributed by atoms with Gasteiger partial charge in [-0.1, -0.05) is 28.9 Å². The van der Waals surface area contributed by atoms with Crippen molar-refractivity contribution in [1.82, 2.24) is 10.1 Å². The third kappa shape index (κ3) is 2.44. The van der Waals surface area contributed by atoms with Gasteiger partial charge < -0.3 is 15.0 Å². The van der Waals surface area contributed by atoms with Crippen molar-refractivity contribution in [2.24, 2.45) is 5.73 Å². The van der Waals surface area contributed by atoms with E-state index in [2.05, 4.69) is 10.1 Å². The summed E-state index contributed by atoms with van der Waals surface area (Å²) in [5.74, 6) is 1.14. The molecular formula is C14H16ClN3O2. The summed E-state index contributed by atoms with van der Waals surface area (Å²) in [5, 5.41) is 4.70. The number of rotatable bonds is 3. The van der Waals surface area contributed by atoms with E-state index in [0.29, 0.717) is 36.5 Å². The third-order valence-corrected chi connectivity index (χ3v) is 4.04. The molecule has 0 aliphatic carbocycles. The fraction of sp³-hybridized carbons (Fsp3) is 0.429. The molecule has 20 heavy (non-hydrogen) atoms. The summed E-state index contributed by atoms with van der Waals surface area (Å²) < 4.78 is 10.8. The number of aromatic nitrogens is 2. The molecule has 1 fully saturated rings. The lowest BCUT2D eigenvalue weighted by atomic mass is 9.80. The molecule has 3 rings (SSSR count). The van der Waals surface area contributed by atoms with Gasteiger partial charge in [0.2, 0.25) is 11.7 Å². The Balaban J connectivity index is 1.93. The second-order valence-corrected chi connectivity index (χ2v) is 5.47. The molecule has 1 aliphatic heterocycles. The molecule has 2 aromatic rings. The van der Waals surface area contributed by atoms with Gasteiger partial charge in [-0.25, -0.2) is 0 Å². The maximum absolute atomic E-state index is 5.98. The van der Waals surface area contributed by atoms with E-state index >= 15 is 0 Å². The minimum Gasteiger partial charge on any atom is -0.381 e. The molecule has 5 nitrogen and oxygen atoms in total. The Bertz CT molecular complexity index is 594. The van der Waals surface area contributed by atoms with E-state index in [1.807, 2.05) is 24.3 Å². The van der Waals surface area contributed by atoms with Crippen LogP contribution in [0, 0.1) is 0 Å². The van der Waals surface area contributed by atoms with E-state index in [-0.39, 0.29) is 5.41 Å². The standard InChI is InChI=1S/C14H16ClN3O2/c15-11-3-1-2-10(8-11)12-17-13(20-18-12)14(9-16)4-6-19-7-5-14/h1-3,8H,4-7,9,16H2. The van der Waals surface area contributed by atoms with Gasteiger partial charge in [0.25, 0.3) is 0 Å². The highest BCUT2D eigenvalue weighted by atomic mass is 35.5. The van der Waals surface area contributed by atoms with Crippen molar-refractivity contribution < 1.29 is 9.26 Å². The lowest BCUT2D eigenvalue weighted by Gasteiger charge is -2.32. The molecule has 0 radical (unpaired) electrons. The topological polar surface area (TPSA) is 74.2 Å². The smallest absolute Gasteiger partial charge is 0.234 e. The predicted octanol–water partition coefficient (Wildman–Crippen LogP) is 2.40. The van der Waals surface area contributed by atoms with Crippen LogP contribution >= 0.6 is 11.6 Å². The third-order valence-electron chi connectivity index (χ3n) is 3.80. The van der Waals surface area contributed by atoms with Crippen LogP contribution in [0.25, 0.3) is 11.4 Å². The van der Waals surface area contributed by atoms with E-state index in [4.69, 9.17) is 26.6 Å².